The number of carbonyl (C=O) groups excluding carboxylic acids is 1. The average molecular weight is 378 g/mol. The maximum absolute atomic E-state index is 12.6. The first-order valence-electron chi connectivity index (χ1n) is 8.39. The minimum absolute atomic E-state index is 0.165. The van der Waals surface area contributed by atoms with E-state index in [1.54, 1.807) is 17.1 Å². The van der Waals surface area contributed by atoms with Gasteiger partial charge in [0.25, 0.3) is 5.91 Å². The predicted octanol–water partition coefficient (Wildman–Crippen LogP) is 3.71. The highest BCUT2D eigenvalue weighted by Gasteiger charge is 2.12. The zero-order chi connectivity index (χ0) is 18.8. The van der Waals surface area contributed by atoms with E-state index in [1.807, 2.05) is 49.4 Å². The summed E-state index contributed by atoms with van der Waals surface area (Å²) >= 11 is 6.04. The van der Waals surface area contributed by atoms with Crippen LogP contribution in [0.1, 0.15) is 21.6 Å². The van der Waals surface area contributed by atoms with E-state index >= 15 is 0 Å². The fourth-order valence-electron chi connectivity index (χ4n) is 2.86. The lowest BCUT2D eigenvalue weighted by Crippen LogP contribution is -2.24. The Morgan fingerprint density at radius 2 is 1.96 bits per heavy atom. The lowest BCUT2D eigenvalue weighted by atomic mass is 10.1. The van der Waals surface area contributed by atoms with E-state index in [0.29, 0.717) is 22.8 Å². The molecule has 0 radical (unpaired) electrons. The van der Waals surface area contributed by atoms with Crippen LogP contribution in [0, 0.1) is 6.92 Å². The lowest BCUT2D eigenvalue weighted by Gasteiger charge is -2.10. The van der Waals surface area contributed by atoms with E-state index in [4.69, 9.17) is 11.6 Å². The number of amides is 1. The minimum Gasteiger partial charge on any atom is -0.348 e. The molecule has 0 saturated carbocycles. The summed E-state index contributed by atoms with van der Waals surface area (Å²) in [6, 6.07) is 15.0. The van der Waals surface area contributed by atoms with Crippen molar-refractivity contribution in [1.82, 2.24) is 25.1 Å². The molecule has 6 nitrogen and oxygen atoms in total. The Labute approximate surface area is 160 Å². The minimum atomic E-state index is -0.165. The average Bonchev–Trinajstić information content (AvgIpc) is 3.21. The molecule has 2 heterocycles. The molecule has 0 spiro atoms. The van der Waals surface area contributed by atoms with E-state index in [0.717, 1.165) is 22.2 Å². The molecule has 0 unspecified atom stereocenters. The smallest absolute Gasteiger partial charge is 0.253 e. The van der Waals surface area contributed by atoms with E-state index < -0.39 is 0 Å². The summed E-state index contributed by atoms with van der Waals surface area (Å²) in [5, 5.41) is 8.49. The number of fused-ring (bicyclic) bond motifs is 1. The maximum Gasteiger partial charge on any atom is 0.253 e. The summed E-state index contributed by atoms with van der Waals surface area (Å²) in [5.74, 6) is -0.165. The molecule has 0 aliphatic heterocycles. The summed E-state index contributed by atoms with van der Waals surface area (Å²) in [6.07, 6.45) is 3.12. The number of pyridine rings is 1. The second-order valence-electron chi connectivity index (χ2n) is 6.15. The summed E-state index contributed by atoms with van der Waals surface area (Å²) in [7, 11) is 0. The van der Waals surface area contributed by atoms with Crippen LogP contribution in [0.2, 0.25) is 5.02 Å². The molecule has 0 fully saturated rings. The second-order valence-corrected chi connectivity index (χ2v) is 6.58. The maximum atomic E-state index is 12.6. The van der Waals surface area contributed by atoms with Gasteiger partial charge in [-0.2, -0.15) is 5.10 Å². The van der Waals surface area contributed by atoms with Crippen molar-refractivity contribution in [1.29, 1.82) is 0 Å². The number of nitrogens with zero attached hydrogens (tertiary/aromatic N) is 4. The molecule has 0 atom stereocenters. The quantitative estimate of drug-likeness (QED) is 0.588. The molecular formula is C20H16ClN5O. The van der Waals surface area contributed by atoms with Crippen molar-refractivity contribution >= 4 is 28.4 Å². The molecule has 4 rings (SSSR count). The highest BCUT2D eigenvalue weighted by Crippen LogP contribution is 2.20. The second kappa shape index (κ2) is 7.17. The van der Waals surface area contributed by atoms with E-state index in [1.165, 1.54) is 6.33 Å². The molecule has 4 aromatic rings. The van der Waals surface area contributed by atoms with Crippen LogP contribution in [0.15, 0.2) is 61.2 Å². The van der Waals surface area contributed by atoms with Crippen LogP contribution in [0.3, 0.4) is 0 Å². The SMILES string of the molecule is Cc1nc2ccc(Cl)cc2cc1C(=O)NCc1ccc(-n2cncn2)cc1. The first-order valence-corrected chi connectivity index (χ1v) is 8.77. The van der Waals surface area contributed by atoms with Gasteiger partial charge in [-0.15, -0.1) is 0 Å². The molecular weight excluding hydrogens is 362 g/mol. The molecule has 7 heteroatoms. The fourth-order valence-corrected chi connectivity index (χ4v) is 3.04. The van der Waals surface area contributed by atoms with E-state index in [2.05, 4.69) is 20.4 Å². The fraction of sp³-hybridized carbons (Fsp3) is 0.100. The van der Waals surface area contributed by atoms with Crippen LogP contribution in [-0.4, -0.2) is 25.7 Å². The van der Waals surface area contributed by atoms with Crippen molar-refractivity contribution in [2.45, 2.75) is 13.5 Å². The van der Waals surface area contributed by atoms with Gasteiger partial charge in [0.1, 0.15) is 12.7 Å². The number of benzene rings is 2. The number of carbonyl (C=O) groups is 1. The van der Waals surface area contributed by atoms with Crippen LogP contribution in [0.4, 0.5) is 0 Å². The van der Waals surface area contributed by atoms with E-state index in [-0.39, 0.29) is 5.91 Å². The van der Waals surface area contributed by atoms with Gasteiger partial charge in [-0.1, -0.05) is 23.7 Å². The first-order chi connectivity index (χ1) is 13.1. The van der Waals surface area contributed by atoms with Gasteiger partial charge in [0, 0.05) is 17.0 Å². The third kappa shape index (κ3) is 3.66. The van der Waals surface area contributed by atoms with Gasteiger partial charge in [0.05, 0.1) is 22.5 Å². The lowest BCUT2D eigenvalue weighted by molar-refractivity contribution is 0.0950. The Kier molecular flexibility index (Phi) is 4.56. The third-order valence-electron chi connectivity index (χ3n) is 4.28. The molecule has 0 aliphatic rings. The topological polar surface area (TPSA) is 72.7 Å². The van der Waals surface area contributed by atoms with Crippen LogP contribution >= 0.6 is 11.6 Å². The number of hydrogen-bond acceptors (Lipinski definition) is 4. The van der Waals surface area contributed by atoms with Crippen LogP contribution in [-0.2, 0) is 6.54 Å². The normalized spacial score (nSPS) is 10.9. The van der Waals surface area contributed by atoms with Crippen molar-refractivity contribution in [2.75, 3.05) is 0 Å². The molecule has 134 valence electrons. The predicted molar refractivity (Wildman–Crippen MR) is 104 cm³/mol. The number of halogens is 1. The molecule has 0 saturated heterocycles. The van der Waals surface area contributed by atoms with Gasteiger partial charge >= 0.3 is 0 Å². The first kappa shape index (κ1) is 17.2. The van der Waals surface area contributed by atoms with Crippen molar-refractivity contribution < 1.29 is 4.79 Å². The summed E-state index contributed by atoms with van der Waals surface area (Å²) < 4.78 is 1.68. The summed E-state index contributed by atoms with van der Waals surface area (Å²) in [5.41, 5.74) is 3.95. The van der Waals surface area contributed by atoms with Crippen LogP contribution in [0.25, 0.3) is 16.6 Å². The van der Waals surface area contributed by atoms with Gasteiger partial charge in [-0.05, 0) is 48.9 Å². The highest BCUT2D eigenvalue weighted by atomic mass is 35.5. The molecule has 1 N–H and O–H groups in total. The van der Waals surface area contributed by atoms with Crippen LogP contribution in [0.5, 0.6) is 0 Å². The van der Waals surface area contributed by atoms with Gasteiger partial charge in [0.15, 0.2) is 0 Å². The molecule has 1 amide bonds. The zero-order valence-electron chi connectivity index (χ0n) is 14.6. The van der Waals surface area contributed by atoms with Gasteiger partial charge in [-0.3, -0.25) is 9.78 Å². The van der Waals surface area contributed by atoms with Gasteiger partial charge in [0.2, 0.25) is 0 Å². The highest BCUT2D eigenvalue weighted by molar-refractivity contribution is 6.31. The molecule has 27 heavy (non-hydrogen) atoms. The number of hydrogen-bond donors (Lipinski definition) is 1. The van der Waals surface area contributed by atoms with Crippen molar-refractivity contribution in [2.24, 2.45) is 0 Å². The zero-order valence-corrected chi connectivity index (χ0v) is 15.3. The number of nitrogens with one attached hydrogen (secondary N) is 1. The Balaban J connectivity index is 1.49. The molecule has 2 aromatic heterocycles. The third-order valence-corrected chi connectivity index (χ3v) is 4.52. The molecule has 2 aromatic carbocycles. The Morgan fingerprint density at radius 3 is 2.70 bits per heavy atom. The number of aryl methyl sites for hydroxylation is 1. The van der Waals surface area contributed by atoms with Crippen molar-refractivity contribution in [3.63, 3.8) is 0 Å². The molecule has 0 bridgehead atoms. The van der Waals surface area contributed by atoms with E-state index in [9.17, 15) is 4.79 Å². The number of rotatable bonds is 4. The Hall–Kier alpha value is -3.25. The van der Waals surface area contributed by atoms with Crippen molar-refractivity contribution in [3.05, 3.63) is 83.0 Å². The molecule has 0 aliphatic carbocycles. The van der Waals surface area contributed by atoms with Crippen molar-refractivity contribution in [3.8, 4) is 5.69 Å². The monoisotopic (exact) mass is 377 g/mol. The number of aromatic nitrogens is 4. The largest absolute Gasteiger partial charge is 0.348 e. The van der Waals surface area contributed by atoms with Gasteiger partial charge in [-0.25, -0.2) is 9.67 Å². The Morgan fingerprint density at radius 1 is 1.15 bits per heavy atom. The van der Waals surface area contributed by atoms with Gasteiger partial charge < -0.3 is 5.32 Å². The standard InChI is InChI=1S/C20H16ClN5O/c1-13-18(9-15-8-16(21)4-7-19(15)25-13)20(27)23-10-14-2-5-17(6-3-14)26-12-22-11-24-26/h2-9,11-12H,10H2,1H3,(H,23,27). The summed E-state index contributed by atoms with van der Waals surface area (Å²) in [4.78, 5) is 21.0. The Bertz CT molecular complexity index is 1110. The van der Waals surface area contributed by atoms with Crippen LogP contribution < -0.4 is 5.32 Å². The summed E-state index contributed by atoms with van der Waals surface area (Å²) in [6.45, 7) is 2.25.